The van der Waals surface area contributed by atoms with E-state index in [9.17, 15) is 0 Å². The largest absolute Gasteiger partial charge is 0.466 e. The molecule has 1 heterocycles. The lowest BCUT2D eigenvalue weighted by atomic mass is 9.74. The molecule has 210 valence electrons. The van der Waals surface area contributed by atoms with Gasteiger partial charge >= 0.3 is 0 Å². The fraction of sp³-hybridized carbons (Fsp3) is 0.882. The Morgan fingerprint density at radius 2 is 0.829 bits per heavy atom. The van der Waals surface area contributed by atoms with Gasteiger partial charge in [0.05, 0.1) is 0 Å². The molecule has 0 aliphatic heterocycles. The van der Waals surface area contributed by atoms with Crippen LogP contribution in [0.1, 0.15) is 171 Å². The minimum Gasteiger partial charge on any atom is -0.466 e. The molecule has 0 bridgehead atoms. The molecule has 3 aliphatic carbocycles. The van der Waals surface area contributed by atoms with Gasteiger partial charge in [0, 0.05) is 12.8 Å². The Morgan fingerprint density at radius 3 is 1.26 bits per heavy atom. The van der Waals surface area contributed by atoms with Crippen molar-refractivity contribution in [3.8, 4) is 0 Å². The molecule has 3 aliphatic rings. The predicted octanol–water partition coefficient (Wildman–Crippen LogP) is 12.5. The molecule has 0 atom stereocenters. The van der Waals surface area contributed by atoms with Crippen LogP contribution in [0.5, 0.6) is 0 Å². The summed E-state index contributed by atoms with van der Waals surface area (Å²) in [6, 6.07) is 4.56. The Kier molecular flexibility index (Phi) is 23.4. The number of furan rings is 1. The molecule has 0 spiro atoms. The lowest BCUT2D eigenvalue weighted by molar-refractivity contribution is 0.206. The maximum absolute atomic E-state index is 6.24. The Hall–Kier alpha value is -0.720. The summed E-state index contributed by atoms with van der Waals surface area (Å²) in [5, 5.41) is 0. The maximum Gasteiger partial charge on any atom is 0.104 e. The average Bonchev–Trinajstić information content (AvgIpc) is 3.24. The summed E-state index contributed by atoms with van der Waals surface area (Å²) in [5.74, 6) is 6.40. The molecule has 0 N–H and O–H groups in total. The summed E-state index contributed by atoms with van der Waals surface area (Å²) in [5.41, 5.74) is 0. The average molecular weight is 493 g/mol. The summed E-state index contributed by atoms with van der Waals surface area (Å²) >= 11 is 0. The van der Waals surface area contributed by atoms with Gasteiger partial charge < -0.3 is 4.42 Å². The Morgan fingerprint density at radius 1 is 0.514 bits per heavy atom. The molecule has 0 radical (unpaired) electrons. The van der Waals surface area contributed by atoms with Gasteiger partial charge in [-0.25, -0.2) is 0 Å². The van der Waals surface area contributed by atoms with Crippen molar-refractivity contribution in [1.29, 1.82) is 0 Å². The summed E-state index contributed by atoms with van der Waals surface area (Å²) in [4.78, 5) is 0. The monoisotopic (exact) mass is 493 g/mol. The molecular weight excluding hydrogens is 424 g/mol. The van der Waals surface area contributed by atoms with Gasteiger partial charge in [-0.1, -0.05) is 140 Å². The van der Waals surface area contributed by atoms with Gasteiger partial charge in [0.1, 0.15) is 11.5 Å². The highest BCUT2D eigenvalue weighted by Crippen LogP contribution is 2.38. The normalized spacial score (nSPS) is 22.6. The Labute approximate surface area is 223 Å². The van der Waals surface area contributed by atoms with Crippen molar-refractivity contribution in [3.05, 3.63) is 23.7 Å². The quantitative estimate of drug-likeness (QED) is 0.385. The highest BCUT2D eigenvalue weighted by atomic mass is 16.3. The van der Waals surface area contributed by atoms with E-state index in [0.29, 0.717) is 0 Å². The van der Waals surface area contributed by atoms with Crippen LogP contribution in [0, 0.1) is 23.7 Å². The van der Waals surface area contributed by atoms with Crippen molar-refractivity contribution >= 4 is 0 Å². The summed E-state index contributed by atoms with van der Waals surface area (Å²) in [7, 11) is 0. The van der Waals surface area contributed by atoms with Gasteiger partial charge in [0.25, 0.3) is 0 Å². The first-order valence-corrected chi connectivity index (χ1v) is 14.8. The van der Waals surface area contributed by atoms with Crippen LogP contribution in [0.25, 0.3) is 0 Å². The molecule has 1 aromatic rings. The number of rotatable bonds is 6. The molecule has 35 heavy (non-hydrogen) atoms. The zero-order valence-corrected chi connectivity index (χ0v) is 22.3. The first-order chi connectivity index (χ1) is 15.7. The molecule has 1 aromatic heterocycles. The lowest BCUT2D eigenvalue weighted by Crippen LogP contribution is -2.19. The van der Waals surface area contributed by atoms with E-state index in [2.05, 4.69) is 39.8 Å². The molecule has 1 heteroatoms. The van der Waals surface area contributed by atoms with Crippen molar-refractivity contribution in [2.24, 2.45) is 23.7 Å². The van der Waals surface area contributed by atoms with Crippen molar-refractivity contribution < 1.29 is 4.42 Å². The van der Waals surface area contributed by atoms with Crippen molar-refractivity contribution in [1.82, 2.24) is 0 Å². The molecular formula is C34H68O. The lowest BCUT2D eigenvalue weighted by Gasteiger charge is -2.32. The molecule has 4 rings (SSSR count). The van der Waals surface area contributed by atoms with Gasteiger partial charge in [-0.05, 0) is 55.1 Å². The van der Waals surface area contributed by atoms with Crippen LogP contribution in [-0.4, -0.2) is 0 Å². The second-order valence-corrected chi connectivity index (χ2v) is 11.3. The minimum absolute atomic E-state index is 0. The van der Waals surface area contributed by atoms with E-state index >= 15 is 0 Å². The molecule has 0 amide bonds. The zero-order chi connectivity index (χ0) is 23.0. The van der Waals surface area contributed by atoms with E-state index in [1.807, 2.05) is 0 Å². The smallest absolute Gasteiger partial charge is 0.104 e. The third kappa shape index (κ3) is 15.2. The first-order valence-electron chi connectivity index (χ1n) is 14.8. The van der Waals surface area contributed by atoms with E-state index in [-0.39, 0.29) is 22.3 Å². The summed E-state index contributed by atoms with van der Waals surface area (Å²) < 4.78 is 6.24. The van der Waals surface area contributed by atoms with Crippen LogP contribution >= 0.6 is 0 Å². The van der Waals surface area contributed by atoms with E-state index < -0.39 is 0 Å². The highest BCUT2D eigenvalue weighted by Gasteiger charge is 2.25. The van der Waals surface area contributed by atoms with Gasteiger partial charge in [0.2, 0.25) is 0 Å². The number of hydrogen-bond acceptors (Lipinski definition) is 1. The second-order valence-electron chi connectivity index (χ2n) is 11.3. The van der Waals surface area contributed by atoms with Crippen LogP contribution in [0.4, 0.5) is 0 Å². The SMILES string of the molecule is C.C.C.CCC.CCC.c1cc(CC2CCC(CC3CCCCC3)CC2)oc1CC1CCCCC1. The standard InChI is InChI=1S/C25H40O.2C3H8.3CH4/c1-3-7-20(8-4-1)17-22-11-13-23(14-12-22)19-25-16-15-24(26-25)18-21-9-5-2-6-10-21;2*1-3-2;;;/h15-16,20-23H,1-14,17-19H2;2*3H2,1-2H3;3*1H4. The Bertz CT molecular complexity index is 537. The van der Waals surface area contributed by atoms with E-state index in [1.165, 1.54) is 127 Å². The van der Waals surface area contributed by atoms with Crippen molar-refractivity contribution in [2.75, 3.05) is 0 Å². The number of hydrogen-bond donors (Lipinski definition) is 0. The Balaban J connectivity index is 0. The molecule has 0 aromatic carbocycles. The molecule has 3 fully saturated rings. The molecule has 3 saturated carbocycles. The third-order valence-corrected chi connectivity index (χ3v) is 7.78. The van der Waals surface area contributed by atoms with E-state index in [0.717, 1.165) is 23.7 Å². The van der Waals surface area contributed by atoms with E-state index in [1.54, 1.807) is 6.42 Å². The summed E-state index contributed by atoms with van der Waals surface area (Å²) in [6.45, 7) is 8.50. The van der Waals surface area contributed by atoms with E-state index in [4.69, 9.17) is 4.42 Å². The van der Waals surface area contributed by atoms with Crippen LogP contribution in [-0.2, 0) is 12.8 Å². The van der Waals surface area contributed by atoms with Gasteiger partial charge in [-0.2, -0.15) is 0 Å². The van der Waals surface area contributed by atoms with Crippen LogP contribution < -0.4 is 0 Å². The predicted molar refractivity (Wildman–Crippen MR) is 161 cm³/mol. The van der Waals surface area contributed by atoms with Crippen molar-refractivity contribution in [3.63, 3.8) is 0 Å². The molecule has 1 nitrogen and oxygen atoms in total. The highest BCUT2D eigenvalue weighted by molar-refractivity contribution is 5.09. The second kappa shape index (κ2) is 22.5. The van der Waals surface area contributed by atoms with Gasteiger partial charge in [-0.15, -0.1) is 0 Å². The minimum atomic E-state index is 0. The fourth-order valence-electron chi connectivity index (χ4n) is 6.17. The molecule has 0 unspecified atom stereocenters. The van der Waals surface area contributed by atoms with Crippen LogP contribution in [0.3, 0.4) is 0 Å². The summed E-state index contributed by atoms with van der Waals surface area (Å²) in [6.07, 6.45) is 27.0. The van der Waals surface area contributed by atoms with Gasteiger partial charge in [0.15, 0.2) is 0 Å². The maximum atomic E-state index is 6.24. The third-order valence-electron chi connectivity index (χ3n) is 7.78. The van der Waals surface area contributed by atoms with Crippen LogP contribution in [0.2, 0.25) is 0 Å². The fourth-order valence-corrected chi connectivity index (χ4v) is 6.17. The zero-order valence-electron chi connectivity index (χ0n) is 22.3. The van der Waals surface area contributed by atoms with Gasteiger partial charge in [-0.3, -0.25) is 0 Å². The van der Waals surface area contributed by atoms with Crippen LogP contribution in [0.15, 0.2) is 16.5 Å². The topological polar surface area (TPSA) is 13.1 Å². The first kappa shape index (κ1) is 36.4. The molecule has 0 saturated heterocycles. The van der Waals surface area contributed by atoms with Crippen molar-refractivity contribution in [2.45, 2.75) is 172 Å².